The normalized spacial score (nSPS) is 10.1. The lowest BCUT2D eigenvalue weighted by Crippen LogP contribution is -2.06. The minimum Gasteiger partial charge on any atom is -0.494 e. The van der Waals surface area contributed by atoms with Crippen LogP contribution in [0.25, 0.3) is 0 Å². The third-order valence-corrected chi connectivity index (χ3v) is 2.91. The third-order valence-electron chi connectivity index (χ3n) is 2.91. The molecule has 3 nitrogen and oxygen atoms in total. The van der Waals surface area contributed by atoms with Crippen molar-refractivity contribution < 1.29 is 14.3 Å². The highest BCUT2D eigenvalue weighted by Crippen LogP contribution is 2.12. The Morgan fingerprint density at radius 2 is 1.65 bits per heavy atom. The summed E-state index contributed by atoms with van der Waals surface area (Å²) in [7, 11) is 0. The van der Waals surface area contributed by atoms with Gasteiger partial charge in [-0.05, 0) is 51.7 Å². The molecule has 0 spiro atoms. The molecular formula is C17H24O3. The molecule has 0 aromatic heterocycles. The van der Waals surface area contributed by atoms with Gasteiger partial charge in [-0.25, -0.2) is 4.79 Å². The second-order valence-electron chi connectivity index (χ2n) is 4.99. The number of ether oxygens (including phenoxy) is 2. The zero-order valence-corrected chi connectivity index (χ0v) is 12.5. The van der Waals surface area contributed by atoms with Crippen LogP contribution in [0.4, 0.5) is 0 Å². The van der Waals surface area contributed by atoms with Gasteiger partial charge >= 0.3 is 5.97 Å². The average molecular weight is 276 g/mol. The van der Waals surface area contributed by atoms with Crippen molar-refractivity contribution in [1.82, 2.24) is 0 Å². The quantitative estimate of drug-likeness (QED) is 0.388. The minimum absolute atomic E-state index is 0.298. The number of benzene rings is 1. The molecule has 0 N–H and O–H groups in total. The molecule has 0 unspecified atom stereocenters. The van der Waals surface area contributed by atoms with Crippen LogP contribution in [-0.2, 0) is 9.53 Å². The van der Waals surface area contributed by atoms with Gasteiger partial charge < -0.3 is 9.47 Å². The fourth-order valence-corrected chi connectivity index (χ4v) is 1.67. The van der Waals surface area contributed by atoms with Crippen molar-refractivity contribution in [3.8, 4) is 5.75 Å². The minimum atomic E-state index is -0.298. The summed E-state index contributed by atoms with van der Waals surface area (Å²) in [5.41, 5.74) is 1.69. The fourth-order valence-electron chi connectivity index (χ4n) is 1.67. The van der Waals surface area contributed by atoms with Gasteiger partial charge in [0.15, 0.2) is 0 Å². The van der Waals surface area contributed by atoms with E-state index in [0.29, 0.717) is 12.2 Å². The van der Waals surface area contributed by atoms with Gasteiger partial charge in [0.05, 0.1) is 13.2 Å². The molecule has 0 amide bonds. The van der Waals surface area contributed by atoms with E-state index in [-0.39, 0.29) is 5.97 Å². The van der Waals surface area contributed by atoms with Crippen molar-refractivity contribution in [3.05, 3.63) is 42.0 Å². The number of carbonyl (C=O) groups is 1. The summed E-state index contributed by atoms with van der Waals surface area (Å²) < 4.78 is 10.7. The summed E-state index contributed by atoms with van der Waals surface area (Å²) in [5.74, 6) is 0.624. The molecule has 0 saturated carbocycles. The SMILES string of the molecule is C=C(C)C(=O)OCCCCCCOc1ccc(C)cc1. The lowest BCUT2D eigenvalue weighted by Gasteiger charge is -2.07. The largest absolute Gasteiger partial charge is 0.494 e. The van der Waals surface area contributed by atoms with Crippen LogP contribution >= 0.6 is 0 Å². The van der Waals surface area contributed by atoms with Gasteiger partial charge in [-0.2, -0.15) is 0 Å². The first-order chi connectivity index (χ1) is 9.59. The van der Waals surface area contributed by atoms with E-state index in [4.69, 9.17) is 9.47 Å². The van der Waals surface area contributed by atoms with E-state index in [1.165, 1.54) is 5.56 Å². The van der Waals surface area contributed by atoms with Gasteiger partial charge in [0.25, 0.3) is 0 Å². The van der Waals surface area contributed by atoms with Crippen LogP contribution in [0.5, 0.6) is 5.75 Å². The van der Waals surface area contributed by atoms with Crippen LogP contribution in [0.3, 0.4) is 0 Å². The molecule has 0 radical (unpaired) electrons. The smallest absolute Gasteiger partial charge is 0.333 e. The fraction of sp³-hybridized carbons (Fsp3) is 0.471. The molecule has 0 atom stereocenters. The van der Waals surface area contributed by atoms with Crippen LogP contribution in [0.1, 0.15) is 38.2 Å². The maximum atomic E-state index is 11.1. The van der Waals surface area contributed by atoms with Gasteiger partial charge in [-0.15, -0.1) is 0 Å². The summed E-state index contributed by atoms with van der Waals surface area (Å²) >= 11 is 0. The van der Waals surface area contributed by atoms with Crippen molar-refractivity contribution in [3.63, 3.8) is 0 Å². The number of hydrogen-bond acceptors (Lipinski definition) is 3. The van der Waals surface area contributed by atoms with Crippen molar-refractivity contribution in [2.24, 2.45) is 0 Å². The topological polar surface area (TPSA) is 35.5 Å². The first kappa shape index (κ1) is 16.3. The number of rotatable bonds is 9. The molecule has 0 aliphatic carbocycles. The molecule has 0 aliphatic heterocycles. The van der Waals surface area contributed by atoms with Gasteiger partial charge in [-0.3, -0.25) is 0 Å². The predicted octanol–water partition coefficient (Wildman–Crippen LogP) is 4.05. The van der Waals surface area contributed by atoms with Gasteiger partial charge in [0.1, 0.15) is 5.75 Å². The van der Waals surface area contributed by atoms with E-state index in [1.807, 2.05) is 24.3 Å². The number of carbonyl (C=O) groups excluding carboxylic acids is 1. The Balaban J connectivity index is 1.96. The lowest BCUT2D eigenvalue weighted by atomic mass is 10.2. The van der Waals surface area contributed by atoms with E-state index in [2.05, 4.69) is 13.5 Å². The molecule has 110 valence electrons. The summed E-state index contributed by atoms with van der Waals surface area (Å²) in [5, 5.41) is 0. The Morgan fingerprint density at radius 3 is 2.25 bits per heavy atom. The van der Waals surface area contributed by atoms with Gasteiger partial charge in [0.2, 0.25) is 0 Å². The Kier molecular flexibility index (Phi) is 7.48. The molecule has 0 heterocycles. The van der Waals surface area contributed by atoms with E-state index < -0.39 is 0 Å². The Bertz CT molecular complexity index is 420. The van der Waals surface area contributed by atoms with E-state index in [1.54, 1.807) is 6.92 Å². The number of aryl methyl sites for hydroxylation is 1. The van der Waals surface area contributed by atoms with E-state index in [0.717, 1.165) is 38.0 Å². The molecule has 0 fully saturated rings. The summed E-state index contributed by atoms with van der Waals surface area (Å²) in [6, 6.07) is 8.08. The number of unbranched alkanes of at least 4 members (excludes halogenated alkanes) is 3. The van der Waals surface area contributed by atoms with Crippen LogP contribution in [0.15, 0.2) is 36.4 Å². The predicted molar refractivity (Wildman–Crippen MR) is 80.9 cm³/mol. The molecule has 0 saturated heterocycles. The third kappa shape index (κ3) is 6.98. The molecule has 20 heavy (non-hydrogen) atoms. The van der Waals surface area contributed by atoms with Crippen molar-refractivity contribution >= 4 is 5.97 Å². The highest BCUT2D eigenvalue weighted by Gasteiger charge is 2.01. The molecule has 1 rings (SSSR count). The molecule has 3 heteroatoms. The summed E-state index contributed by atoms with van der Waals surface area (Å²) in [6.45, 7) is 8.46. The van der Waals surface area contributed by atoms with E-state index in [9.17, 15) is 4.79 Å². The van der Waals surface area contributed by atoms with E-state index >= 15 is 0 Å². The van der Waals surface area contributed by atoms with Crippen molar-refractivity contribution in [2.45, 2.75) is 39.5 Å². The van der Waals surface area contributed by atoms with Crippen molar-refractivity contribution in [2.75, 3.05) is 13.2 Å². The molecule has 0 bridgehead atoms. The van der Waals surface area contributed by atoms with Crippen LogP contribution in [-0.4, -0.2) is 19.2 Å². The van der Waals surface area contributed by atoms with Gasteiger partial charge in [0, 0.05) is 5.57 Å². The zero-order valence-electron chi connectivity index (χ0n) is 12.5. The van der Waals surface area contributed by atoms with Crippen LogP contribution in [0.2, 0.25) is 0 Å². The number of hydrogen-bond donors (Lipinski definition) is 0. The second-order valence-corrected chi connectivity index (χ2v) is 4.99. The zero-order chi connectivity index (χ0) is 14.8. The summed E-state index contributed by atoms with van der Waals surface area (Å²) in [4.78, 5) is 11.1. The van der Waals surface area contributed by atoms with Crippen molar-refractivity contribution in [1.29, 1.82) is 0 Å². The Labute approximate surface area is 121 Å². The summed E-state index contributed by atoms with van der Waals surface area (Å²) in [6.07, 6.45) is 4.03. The molecular weight excluding hydrogens is 252 g/mol. The molecule has 0 aliphatic rings. The second kappa shape index (κ2) is 9.18. The monoisotopic (exact) mass is 276 g/mol. The van der Waals surface area contributed by atoms with Crippen LogP contribution in [0, 0.1) is 6.92 Å². The lowest BCUT2D eigenvalue weighted by molar-refractivity contribution is -0.139. The molecule has 1 aromatic carbocycles. The Morgan fingerprint density at radius 1 is 1.05 bits per heavy atom. The first-order valence-electron chi connectivity index (χ1n) is 7.11. The highest BCUT2D eigenvalue weighted by atomic mass is 16.5. The Hall–Kier alpha value is -1.77. The highest BCUT2D eigenvalue weighted by molar-refractivity contribution is 5.86. The first-order valence-corrected chi connectivity index (χ1v) is 7.11. The average Bonchev–Trinajstić information content (AvgIpc) is 2.43. The molecule has 1 aromatic rings. The number of esters is 1. The van der Waals surface area contributed by atoms with Crippen LogP contribution < -0.4 is 4.74 Å². The maximum absolute atomic E-state index is 11.1. The maximum Gasteiger partial charge on any atom is 0.333 e. The standard InChI is InChI=1S/C17H24O3/c1-14(2)17(18)20-13-7-5-4-6-12-19-16-10-8-15(3)9-11-16/h8-11H,1,4-7,12-13H2,2-3H3. The van der Waals surface area contributed by atoms with Gasteiger partial charge in [-0.1, -0.05) is 24.3 Å².